The van der Waals surface area contributed by atoms with Gasteiger partial charge in [0, 0.05) is 24.2 Å². The minimum absolute atomic E-state index is 0.123. The molecule has 1 aliphatic carbocycles. The minimum atomic E-state index is -1.39. The fraction of sp³-hybridized carbons (Fsp3) is 0.440. The van der Waals surface area contributed by atoms with E-state index in [1.54, 1.807) is 12.3 Å². The third kappa shape index (κ3) is 4.96. The number of pyridine rings is 1. The first-order valence-corrected chi connectivity index (χ1v) is 14.4. The molecule has 1 aromatic carbocycles. The zero-order valence-corrected chi connectivity index (χ0v) is 22.7. The number of hydrogen-bond acceptors (Lipinski definition) is 8. The summed E-state index contributed by atoms with van der Waals surface area (Å²) in [5.74, 6) is 1.36. The smallest absolute Gasteiger partial charge is 0.245 e. The Morgan fingerprint density at radius 3 is 2.64 bits per heavy atom. The molecular formula is C25H30ClN7OS2. The van der Waals surface area contributed by atoms with Crippen molar-refractivity contribution in [3.63, 3.8) is 0 Å². The highest BCUT2D eigenvalue weighted by Gasteiger charge is 2.49. The van der Waals surface area contributed by atoms with Crippen molar-refractivity contribution >= 4 is 46.1 Å². The van der Waals surface area contributed by atoms with Crippen molar-refractivity contribution in [1.82, 2.24) is 20.2 Å². The number of rotatable bonds is 6. The predicted octanol–water partition coefficient (Wildman–Crippen LogP) is 4.37. The molecule has 0 amide bonds. The Bertz CT molecular complexity index is 1280. The van der Waals surface area contributed by atoms with E-state index >= 15 is 0 Å². The van der Waals surface area contributed by atoms with Gasteiger partial charge in [-0.15, -0.1) is 10.2 Å². The van der Waals surface area contributed by atoms with Crippen LogP contribution < -0.4 is 15.8 Å². The summed E-state index contributed by atoms with van der Waals surface area (Å²) >= 11 is 7.58. The van der Waals surface area contributed by atoms with Crippen LogP contribution in [-0.2, 0) is 17.4 Å². The normalized spacial score (nSPS) is 19.9. The van der Waals surface area contributed by atoms with Crippen molar-refractivity contribution in [2.45, 2.75) is 60.1 Å². The lowest BCUT2D eigenvalue weighted by Gasteiger charge is -2.45. The topological polar surface area (TPSA) is 124 Å². The van der Waals surface area contributed by atoms with Crippen molar-refractivity contribution < 1.29 is 4.21 Å². The Morgan fingerprint density at radius 1 is 1.19 bits per heavy atom. The highest BCUT2D eigenvalue weighted by molar-refractivity contribution is 7.99. The number of aromatic nitrogens is 4. The standard InChI is InChI=1S/C25H30ClN7OS2/c1-24(2,36(28)34)13-18-17-6-4-3-5-16(17)12-25(18)7-9-33(10-8-25)23-30-15-22(31-32-23)35-20-11-21(27)29-14-19(20)26/h3-6,11,14-15,18H,7-10,12-13,28H2,1-2H3,(H2,27,29)/t18-,36?/m1/s1. The highest BCUT2D eigenvalue weighted by atomic mass is 35.5. The molecule has 1 spiro atoms. The lowest BCUT2D eigenvalue weighted by molar-refractivity contribution is 0.170. The molecule has 2 aliphatic rings. The van der Waals surface area contributed by atoms with Crippen LogP contribution in [0.4, 0.5) is 11.8 Å². The van der Waals surface area contributed by atoms with Gasteiger partial charge in [-0.05, 0) is 68.1 Å². The monoisotopic (exact) mass is 543 g/mol. The fourth-order valence-electron chi connectivity index (χ4n) is 5.52. The molecule has 0 saturated carbocycles. The van der Waals surface area contributed by atoms with Crippen LogP contribution in [0.3, 0.4) is 0 Å². The largest absolute Gasteiger partial charge is 0.384 e. The lowest BCUT2D eigenvalue weighted by atomic mass is 9.67. The SMILES string of the molecule is CC(C)(C[C@@H]1c2ccccc2CC12CCN(c1ncc(Sc3cc(N)ncc3Cl)nn1)CC2)S(N)=O. The molecular weight excluding hydrogens is 514 g/mol. The molecule has 0 bridgehead atoms. The van der Waals surface area contributed by atoms with E-state index in [0.29, 0.717) is 27.7 Å². The number of halogens is 1. The van der Waals surface area contributed by atoms with Crippen LogP contribution in [0.15, 0.2) is 52.6 Å². The van der Waals surface area contributed by atoms with E-state index in [2.05, 4.69) is 49.3 Å². The van der Waals surface area contributed by atoms with Gasteiger partial charge < -0.3 is 10.6 Å². The first-order chi connectivity index (χ1) is 17.2. The van der Waals surface area contributed by atoms with Gasteiger partial charge in [0.25, 0.3) is 0 Å². The summed E-state index contributed by atoms with van der Waals surface area (Å²) in [6, 6.07) is 10.4. The van der Waals surface area contributed by atoms with Crippen molar-refractivity contribution in [2.24, 2.45) is 10.6 Å². The van der Waals surface area contributed by atoms with Gasteiger partial charge in [0.2, 0.25) is 5.95 Å². The quantitative estimate of drug-likeness (QED) is 0.469. The van der Waals surface area contributed by atoms with Crippen molar-refractivity contribution in [3.05, 3.63) is 58.9 Å². The number of anilines is 2. The molecule has 8 nitrogen and oxygen atoms in total. The Balaban J connectivity index is 1.30. The van der Waals surface area contributed by atoms with Crippen molar-refractivity contribution in [3.8, 4) is 0 Å². The molecule has 3 heterocycles. The number of nitrogens with zero attached hydrogens (tertiary/aromatic N) is 5. The molecule has 2 atom stereocenters. The lowest BCUT2D eigenvalue weighted by Crippen LogP contribution is -2.45. The molecule has 5 rings (SSSR count). The maximum absolute atomic E-state index is 12.3. The number of nitrogen functional groups attached to an aromatic ring is 1. The summed E-state index contributed by atoms with van der Waals surface area (Å²) < 4.78 is 11.8. The molecule has 4 N–H and O–H groups in total. The minimum Gasteiger partial charge on any atom is -0.384 e. The first kappa shape index (κ1) is 25.4. The van der Waals surface area contributed by atoms with E-state index in [9.17, 15) is 4.21 Å². The van der Waals surface area contributed by atoms with E-state index in [0.717, 1.165) is 43.7 Å². The summed E-state index contributed by atoms with van der Waals surface area (Å²) in [6.07, 6.45) is 7.10. The van der Waals surface area contributed by atoms with Crippen LogP contribution in [0.2, 0.25) is 5.02 Å². The maximum atomic E-state index is 12.3. The molecule has 3 aromatic rings. The average Bonchev–Trinajstić information content (AvgIpc) is 3.14. The van der Waals surface area contributed by atoms with Gasteiger partial charge >= 0.3 is 0 Å². The van der Waals surface area contributed by atoms with Gasteiger partial charge in [-0.1, -0.05) is 47.6 Å². The Kier molecular flexibility index (Phi) is 6.97. The molecule has 1 saturated heterocycles. The van der Waals surface area contributed by atoms with Gasteiger partial charge in [-0.25, -0.2) is 14.2 Å². The molecule has 36 heavy (non-hydrogen) atoms. The highest BCUT2D eigenvalue weighted by Crippen LogP contribution is 2.56. The van der Waals surface area contributed by atoms with Gasteiger partial charge in [0.1, 0.15) is 10.8 Å². The van der Waals surface area contributed by atoms with E-state index in [-0.39, 0.29) is 5.41 Å². The maximum Gasteiger partial charge on any atom is 0.245 e. The summed E-state index contributed by atoms with van der Waals surface area (Å²) in [5.41, 5.74) is 8.69. The van der Waals surface area contributed by atoms with E-state index in [4.69, 9.17) is 22.5 Å². The number of nitrogens with two attached hydrogens (primary N) is 2. The number of benzene rings is 1. The zero-order valence-electron chi connectivity index (χ0n) is 20.4. The average molecular weight is 544 g/mol. The molecule has 1 unspecified atom stereocenters. The Hall–Kier alpha value is -2.27. The van der Waals surface area contributed by atoms with Crippen LogP contribution in [0.25, 0.3) is 0 Å². The second kappa shape index (κ2) is 9.89. The van der Waals surface area contributed by atoms with Crippen LogP contribution in [-0.4, -0.2) is 42.2 Å². The molecule has 0 radical (unpaired) electrons. The van der Waals surface area contributed by atoms with E-state index in [1.165, 1.54) is 29.1 Å². The molecule has 1 fully saturated rings. The number of hydrogen-bond donors (Lipinski definition) is 2. The predicted molar refractivity (Wildman–Crippen MR) is 145 cm³/mol. The summed E-state index contributed by atoms with van der Waals surface area (Å²) in [6.45, 7) is 5.72. The zero-order chi connectivity index (χ0) is 25.5. The van der Waals surface area contributed by atoms with Gasteiger partial charge in [0.05, 0.1) is 27.0 Å². The molecule has 2 aromatic heterocycles. The van der Waals surface area contributed by atoms with Crippen LogP contribution in [0.1, 0.15) is 50.2 Å². The number of piperidine rings is 1. The van der Waals surface area contributed by atoms with E-state index < -0.39 is 15.7 Å². The van der Waals surface area contributed by atoms with Crippen LogP contribution >= 0.6 is 23.4 Å². The third-order valence-electron chi connectivity index (χ3n) is 7.58. The van der Waals surface area contributed by atoms with Gasteiger partial charge in [-0.2, -0.15) is 0 Å². The van der Waals surface area contributed by atoms with Crippen molar-refractivity contribution in [2.75, 3.05) is 23.7 Å². The van der Waals surface area contributed by atoms with Gasteiger partial charge in [0.15, 0.2) is 0 Å². The Labute approximate surface area is 223 Å². The second-order valence-corrected chi connectivity index (χ2v) is 13.4. The fourth-order valence-corrected chi connectivity index (χ4v) is 6.81. The molecule has 11 heteroatoms. The first-order valence-electron chi connectivity index (χ1n) is 11.9. The molecule has 1 aliphatic heterocycles. The Morgan fingerprint density at radius 2 is 1.94 bits per heavy atom. The summed E-state index contributed by atoms with van der Waals surface area (Å²) in [5, 5.41) is 15.8. The summed E-state index contributed by atoms with van der Waals surface area (Å²) in [7, 11) is -1.39. The molecule has 190 valence electrons. The summed E-state index contributed by atoms with van der Waals surface area (Å²) in [4.78, 5) is 11.5. The van der Waals surface area contributed by atoms with Crippen LogP contribution in [0, 0.1) is 5.41 Å². The van der Waals surface area contributed by atoms with Crippen molar-refractivity contribution in [1.29, 1.82) is 0 Å². The van der Waals surface area contributed by atoms with E-state index in [1.807, 2.05) is 13.8 Å². The van der Waals surface area contributed by atoms with Gasteiger partial charge in [-0.3, -0.25) is 5.14 Å². The van der Waals surface area contributed by atoms with Crippen LogP contribution in [0.5, 0.6) is 0 Å². The third-order valence-corrected chi connectivity index (χ3v) is 10.2. The second-order valence-electron chi connectivity index (χ2n) is 10.3. The number of fused-ring (bicyclic) bond motifs is 1.